The molecule has 1 fully saturated rings. The molecule has 2 N–H and O–H groups in total. The Labute approximate surface area is 101 Å². The fourth-order valence-corrected chi connectivity index (χ4v) is 2.20. The van der Waals surface area contributed by atoms with E-state index in [1.165, 1.54) is 0 Å². The molecule has 0 bridgehead atoms. The fraction of sp³-hybridized carbons (Fsp3) is 1.00. The Balaban J connectivity index is 2.46. The molecule has 0 aliphatic heterocycles. The molecular weight excluding hydrogens is 231 g/mol. The highest BCUT2D eigenvalue weighted by atomic mass is 19.4. The maximum absolute atomic E-state index is 12.6. The van der Waals surface area contributed by atoms with Crippen LogP contribution in [0.3, 0.4) is 0 Å². The van der Waals surface area contributed by atoms with E-state index in [1.54, 1.807) is 0 Å². The van der Waals surface area contributed by atoms with E-state index in [4.69, 9.17) is 10.5 Å². The quantitative estimate of drug-likeness (QED) is 0.834. The summed E-state index contributed by atoms with van der Waals surface area (Å²) < 4.78 is 43.1. The van der Waals surface area contributed by atoms with E-state index >= 15 is 0 Å². The smallest absolute Gasteiger partial charge is 0.366 e. The number of nitrogens with two attached hydrogens (primary N) is 1. The Kier molecular flexibility index (Phi) is 4.84. The van der Waals surface area contributed by atoms with Gasteiger partial charge in [0, 0.05) is 0 Å². The van der Waals surface area contributed by atoms with E-state index in [9.17, 15) is 13.2 Å². The van der Waals surface area contributed by atoms with Crippen molar-refractivity contribution in [3.05, 3.63) is 0 Å². The van der Waals surface area contributed by atoms with E-state index < -0.39 is 12.3 Å². The van der Waals surface area contributed by atoms with Gasteiger partial charge in [-0.2, -0.15) is 13.2 Å². The molecule has 1 atom stereocenters. The number of hydrogen-bond donors (Lipinski definition) is 1. The molecule has 0 aromatic carbocycles. The molecule has 1 rings (SSSR count). The average Bonchev–Trinajstić information content (AvgIpc) is 2.18. The van der Waals surface area contributed by atoms with E-state index in [-0.39, 0.29) is 24.5 Å². The maximum atomic E-state index is 12.6. The Morgan fingerprint density at radius 2 is 1.82 bits per heavy atom. The van der Waals surface area contributed by atoms with Crippen molar-refractivity contribution < 1.29 is 17.9 Å². The summed E-state index contributed by atoms with van der Waals surface area (Å²) in [5, 5.41) is 0. The fourth-order valence-electron chi connectivity index (χ4n) is 2.20. The SMILES string of the molecule is CC1(C)CCC(OC(CCN)C(F)(F)F)CC1. The van der Waals surface area contributed by atoms with Crippen LogP contribution < -0.4 is 5.73 Å². The standard InChI is InChI=1S/C12H22F3NO/c1-11(2)6-3-9(4-7-11)17-10(5-8-16)12(13,14)15/h9-10H,3-8,16H2,1-2H3. The molecule has 17 heavy (non-hydrogen) atoms. The topological polar surface area (TPSA) is 35.2 Å². The van der Waals surface area contributed by atoms with Gasteiger partial charge in [-0.05, 0) is 44.1 Å². The van der Waals surface area contributed by atoms with Crippen LogP contribution in [0, 0.1) is 5.41 Å². The Hall–Kier alpha value is -0.290. The molecular formula is C12H22F3NO. The third-order valence-electron chi connectivity index (χ3n) is 3.44. The van der Waals surface area contributed by atoms with Crippen molar-refractivity contribution >= 4 is 0 Å². The summed E-state index contributed by atoms with van der Waals surface area (Å²) in [4.78, 5) is 0. The Morgan fingerprint density at radius 1 is 1.29 bits per heavy atom. The molecule has 0 aromatic heterocycles. The first-order chi connectivity index (χ1) is 7.74. The number of halogens is 3. The van der Waals surface area contributed by atoms with Gasteiger partial charge in [0.15, 0.2) is 6.10 Å². The zero-order valence-electron chi connectivity index (χ0n) is 10.5. The third kappa shape index (κ3) is 4.84. The molecule has 0 spiro atoms. The number of rotatable bonds is 4. The summed E-state index contributed by atoms with van der Waals surface area (Å²) in [5.74, 6) is 0. The molecule has 1 aliphatic carbocycles. The summed E-state index contributed by atoms with van der Waals surface area (Å²) >= 11 is 0. The Bertz CT molecular complexity index is 230. The van der Waals surface area contributed by atoms with Gasteiger partial charge in [-0.25, -0.2) is 0 Å². The van der Waals surface area contributed by atoms with Crippen molar-refractivity contribution in [2.24, 2.45) is 11.1 Å². The van der Waals surface area contributed by atoms with Crippen LogP contribution in [-0.4, -0.2) is 24.9 Å². The predicted molar refractivity (Wildman–Crippen MR) is 60.6 cm³/mol. The Morgan fingerprint density at radius 3 is 2.24 bits per heavy atom. The summed E-state index contributed by atoms with van der Waals surface area (Å²) in [6.45, 7) is 4.29. The van der Waals surface area contributed by atoms with Crippen LogP contribution in [0.2, 0.25) is 0 Å². The van der Waals surface area contributed by atoms with Gasteiger partial charge in [0.25, 0.3) is 0 Å². The summed E-state index contributed by atoms with van der Waals surface area (Å²) in [5.41, 5.74) is 5.43. The van der Waals surface area contributed by atoms with Crippen LogP contribution in [0.25, 0.3) is 0 Å². The predicted octanol–water partition coefficient (Wildman–Crippen LogP) is 3.25. The maximum Gasteiger partial charge on any atom is 0.414 e. The van der Waals surface area contributed by atoms with Gasteiger partial charge < -0.3 is 10.5 Å². The van der Waals surface area contributed by atoms with Gasteiger partial charge in [0.2, 0.25) is 0 Å². The van der Waals surface area contributed by atoms with Gasteiger partial charge in [0.1, 0.15) is 0 Å². The first-order valence-corrected chi connectivity index (χ1v) is 6.17. The summed E-state index contributed by atoms with van der Waals surface area (Å²) in [6, 6.07) is 0. The van der Waals surface area contributed by atoms with Crippen molar-refractivity contribution in [1.29, 1.82) is 0 Å². The molecule has 0 aromatic rings. The number of hydrogen-bond acceptors (Lipinski definition) is 2. The third-order valence-corrected chi connectivity index (χ3v) is 3.44. The number of ether oxygens (including phenoxy) is 1. The van der Waals surface area contributed by atoms with Crippen molar-refractivity contribution in [2.75, 3.05) is 6.54 Å². The molecule has 1 saturated carbocycles. The van der Waals surface area contributed by atoms with E-state index in [0.29, 0.717) is 12.8 Å². The van der Waals surface area contributed by atoms with Gasteiger partial charge in [0.05, 0.1) is 6.10 Å². The molecule has 1 aliphatic rings. The van der Waals surface area contributed by atoms with Crippen molar-refractivity contribution in [3.8, 4) is 0 Å². The minimum atomic E-state index is -4.30. The van der Waals surface area contributed by atoms with Gasteiger partial charge in [-0.3, -0.25) is 0 Å². The van der Waals surface area contributed by atoms with Gasteiger partial charge >= 0.3 is 6.18 Å². The van der Waals surface area contributed by atoms with E-state index in [2.05, 4.69) is 13.8 Å². The zero-order chi connectivity index (χ0) is 13.1. The minimum Gasteiger partial charge on any atom is -0.366 e. The molecule has 2 nitrogen and oxygen atoms in total. The van der Waals surface area contributed by atoms with Gasteiger partial charge in [-0.15, -0.1) is 0 Å². The van der Waals surface area contributed by atoms with Crippen LogP contribution in [-0.2, 0) is 4.74 Å². The second-order valence-electron chi connectivity index (χ2n) is 5.61. The molecule has 0 radical (unpaired) electrons. The van der Waals surface area contributed by atoms with Crippen molar-refractivity contribution in [1.82, 2.24) is 0 Å². The van der Waals surface area contributed by atoms with Gasteiger partial charge in [-0.1, -0.05) is 13.8 Å². The lowest BCUT2D eigenvalue weighted by Gasteiger charge is -2.36. The molecule has 0 heterocycles. The first-order valence-electron chi connectivity index (χ1n) is 6.17. The largest absolute Gasteiger partial charge is 0.414 e. The minimum absolute atomic E-state index is 0.00237. The second kappa shape index (κ2) is 5.57. The summed E-state index contributed by atoms with van der Waals surface area (Å²) in [7, 11) is 0. The van der Waals surface area contributed by atoms with Crippen LogP contribution in [0.1, 0.15) is 46.0 Å². The zero-order valence-corrected chi connectivity index (χ0v) is 10.5. The highest BCUT2D eigenvalue weighted by Gasteiger charge is 2.42. The highest BCUT2D eigenvalue weighted by molar-refractivity contribution is 4.80. The second-order valence-corrected chi connectivity index (χ2v) is 5.61. The van der Waals surface area contributed by atoms with Crippen LogP contribution >= 0.6 is 0 Å². The molecule has 0 saturated heterocycles. The lowest BCUT2D eigenvalue weighted by Crippen LogP contribution is -2.38. The van der Waals surface area contributed by atoms with E-state index in [0.717, 1.165) is 12.8 Å². The van der Waals surface area contributed by atoms with Crippen LogP contribution in [0.5, 0.6) is 0 Å². The monoisotopic (exact) mass is 253 g/mol. The highest BCUT2D eigenvalue weighted by Crippen LogP contribution is 2.38. The normalized spacial score (nSPS) is 23.6. The van der Waals surface area contributed by atoms with E-state index in [1.807, 2.05) is 0 Å². The van der Waals surface area contributed by atoms with Crippen molar-refractivity contribution in [2.45, 2.75) is 64.3 Å². The molecule has 1 unspecified atom stereocenters. The summed E-state index contributed by atoms with van der Waals surface area (Å²) in [6.07, 6.45) is -3.14. The van der Waals surface area contributed by atoms with Crippen LogP contribution in [0.4, 0.5) is 13.2 Å². The molecule has 102 valence electrons. The lowest BCUT2D eigenvalue weighted by molar-refractivity contribution is -0.238. The molecule has 5 heteroatoms. The van der Waals surface area contributed by atoms with Crippen LogP contribution in [0.15, 0.2) is 0 Å². The average molecular weight is 253 g/mol. The first kappa shape index (κ1) is 14.8. The lowest BCUT2D eigenvalue weighted by atomic mass is 9.76. The number of alkyl halides is 3. The van der Waals surface area contributed by atoms with Crippen molar-refractivity contribution in [3.63, 3.8) is 0 Å². The molecule has 0 amide bonds.